The van der Waals surface area contributed by atoms with Crippen LogP contribution in [0.4, 0.5) is 17.5 Å². The molecule has 3 N–H and O–H groups in total. The van der Waals surface area contributed by atoms with E-state index >= 15 is 0 Å². The fourth-order valence-electron chi connectivity index (χ4n) is 3.53. The molecule has 0 unspecified atom stereocenters. The average molecular weight is 506 g/mol. The number of carbonyl (C=O) groups is 1. The molecule has 0 saturated heterocycles. The highest BCUT2D eigenvalue weighted by Gasteiger charge is 2.23. The van der Waals surface area contributed by atoms with Gasteiger partial charge in [-0.05, 0) is 30.3 Å². The van der Waals surface area contributed by atoms with Crippen LogP contribution in [-0.4, -0.2) is 44.0 Å². The Labute approximate surface area is 216 Å². The van der Waals surface area contributed by atoms with Crippen LogP contribution in [0, 0.1) is 32.8 Å². The van der Waals surface area contributed by atoms with Gasteiger partial charge in [0.1, 0.15) is 17.6 Å². The van der Waals surface area contributed by atoms with Gasteiger partial charge in [0, 0.05) is 30.3 Å². The Morgan fingerprint density at radius 3 is 1.82 bits per heavy atom. The smallest absolute Gasteiger partial charge is 0.340 e. The Balaban J connectivity index is 1.66. The van der Waals surface area contributed by atoms with Crippen molar-refractivity contribution in [3.63, 3.8) is 0 Å². The van der Waals surface area contributed by atoms with E-state index in [1.54, 1.807) is 48.5 Å². The molecule has 4 rings (SSSR count). The molecule has 0 aliphatic carbocycles. The second-order valence-electron chi connectivity index (χ2n) is 7.82. The van der Waals surface area contributed by atoms with Crippen molar-refractivity contribution >= 4 is 23.4 Å². The van der Waals surface area contributed by atoms with Gasteiger partial charge in [0.05, 0.1) is 39.6 Å². The number of carboxylic acid groups (broad SMARTS) is 1. The van der Waals surface area contributed by atoms with Gasteiger partial charge in [0.2, 0.25) is 5.95 Å². The molecule has 0 fully saturated rings. The lowest BCUT2D eigenvalue weighted by molar-refractivity contribution is -0.385. The maximum absolute atomic E-state index is 12.4. The molecule has 0 aliphatic rings. The molecule has 38 heavy (non-hydrogen) atoms. The quantitative estimate of drug-likeness (QED) is 0.168. The number of anilines is 2. The third kappa shape index (κ3) is 5.67. The SMILES string of the molecule is N#Cc1ccc(-c2nc(NCCNc3ccc([N+](=O)[O-])cn3)nc(-c3ccc(C#N)cc3)c2C(=O)O)cc1. The Hall–Kier alpha value is -5.88. The number of nitrogens with one attached hydrogen (secondary N) is 2. The van der Waals surface area contributed by atoms with Crippen molar-refractivity contribution in [2.45, 2.75) is 0 Å². The molecule has 12 nitrogen and oxygen atoms in total. The molecule has 0 aliphatic heterocycles. The van der Waals surface area contributed by atoms with Gasteiger partial charge < -0.3 is 15.7 Å². The number of rotatable bonds is 9. The Morgan fingerprint density at radius 2 is 1.39 bits per heavy atom. The van der Waals surface area contributed by atoms with Gasteiger partial charge in [-0.25, -0.2) is 19.7 Å². The molecular weight excluding hydrogens is 488 g/mol. The molecule has 12 heteroatoms. The summed E-state index contributed by atoms with van der Waals surface area (Å²) in [6.45, 7) is 0.665. The van der Waals surface area contributed by atoms with E-state index in [1.165, 1.54) is 12.1 Å². The molecule has 2 aromatic heterocycles. The van der Waals surface area contributed by atoms with Gasteiger partial charge in [0.25, 0.3) is 5.69 Å². The topological polar surface area (TPSA) is 191 Å². The summed E-state index contributed by atoms with van der Waals surface area (Å²) in [7, 11) is 0. The zero-order valence-corrected chi connectivity index (χ0v) is 19.6. The first-order valence-electron chi connectivity index (χ1n) is 11.1. The summed E-state index contributed by atoms with van der Waals surface area (Å²) in [5.41, 5.74) is 1.86. The van der Waals surface area contributed by atoms with Crippen molar-refractivity contribution in [2.75, 3.05) is 23.7 Å². The number of hydrogen-bond acceptors (Lipinski definition) is 10. The number of hydrogen-bond donors (Lipinski definition) is 3. The monoisotopic (exact) mass is 506 g/mol. The lowest BCUT2D eigenvalue weighted by Gasteiger charge is -2.15. The summed E-state index contributed by atoms with van der Waals surface area (Å²) in [5, 5.41) is 45.2. The van der Waals surface area contributed by atoms with E-state index in [4.69, 9.17) is 10.5 Å². The van der Waals surface area contributed by atoms with E-state index in [0.717, 1.165) is 6.20 Å². The third-order valence-corrected chi connectivity index (χ3v) is 5.37. The van der Waals surface area contributed by atoms with E-state index < -0.39 is 10.9 Å². The first-order chi connectivity index (χ1) is 18.4. The van der Waals surface area contributed by atoms with Crippen LogP contribution in [0.15, 0.2) is 66.9 Å². The van der Waals surface area contributed by atoms with Crippen molar-refractivity contribution in [3.05, 3.63) is 93.7 Å². The van der Waals surface area contributed by atoms with Crippen LogP contribution in [0.2, 0.25) is 0 Å². The number of aromatic nitrogens is 3. The van der Waals surface area contributed by atoms with E-state index in [9.17, 15) is 20.0 Å². The summed E-state index contributed by atoms with van der Waals surface area (Å²) in [4.78, 5) is 35.5. The first kappa shape index (κ1) is 25.2. The fraction of sp³-hybridized carbons (Fsp3) is 0.0769. The number of aromatic carboxylic acids is 1. The normalized spacial score (nSPS) is 10.2. The molecule has 0 bridgehead atoms. The summed E-state index contributed by atoms with van der Waals surface area (Å²) >= 11 is 0. The number of carboxylic acids is 1. The molecule has 0 atom stereocenters. The summed E-state index contributed by atoms with van der Waals surface area (Å²) < 4.78 is 0. The van der Waals surface area contributed by atoms with Gasteiger partial charge in [-0.1, -0.05) is 24.3 Å². The second-order valence-corrected chi connectivity index (χ2v) is 7.82. The minimum atomic E-state index is -1.24. The summed E-state index contributed by atoms with van der Waals surface area (Å²) in [5.74, 6) is -0.635. The standard InChI is InChI=1S/C26H18N8O4/c27-13-16-1-5-18(6-2-16)23-22(25(35)36)24(19-7-3-17(14-28)4-8-19)33-26(32-23)30-12-11-29-21-10-9-20(15-31-21)34(37)38/h1-10,15H,11-12H2,(H,29,31)(H,35,36)(H,30,32,33). The van der Waals surface area contributed by atoms with E-state index in [2.05, 4.69) is 25.6 Å². The van der Waals surface area contributed by atoms with Crippen LogP contribution in [-0.2, 0) is 0 Å². The predicted octanol–water partition coefficient (Wildman–Crippen LogP) is 4.08. The Kier molecular flexibility index (Phi) is 7.46. The molecule has 186 valence electrons. The Bertz CT molecular complexity index is 1490. The van der Waals surface area contributed by atoms with Crippen molar-refractivity contribution in [2.24, 2.45) is 0 Å². The minimum Gasteiger partial charge on any atom is -0.478 e. The number of pyridine rings is 1. The predicted molar refractivity (Wildman–Crippen MR) is 137 cm³/mol. The molecular formula is C26H18N8O4. The highest BCUT2D eigenvalue weighted by molar-refractivity contribution is 6.01. The minimum absolute atomic E-state index is 0.119. The fourth-order valence-corrected chi connectivity index (χ4v) is 3.53. The van der Waals surface area contributed by atoms with Crippen LogP contribution in [0.5, 0.6) is 0 Å². The maximum atomic E-state index is 12.4. The molecule has 2 aromatic carbocycles. The van der Waals surface area contributed by atoms with Crippen molar-refractivity contribution < 1.29 is 14.8 Å². The van der Waals surface area contributed by atoms with Crippen molar-refractivity contribution in [3.8, 4) is 34.7 Å². The largest absolute Gasteiger partial charge is 0.478 e. The van der Waals surface area contributed by atoms with E-state index in [1.807, 2.05) is 12.1 Å². The van der Waals surface area contributed by atoms with E-state index in [-0.39, 0.29) is 28.6 Å². The first-order valence-corrected chi connectivity index (χ1v) is 11.1. The second kappa shape index (κ2) is 11.2. The van der Waals surface area contributed by atoms with Gasteiger partial charge in [-0.15, -0.1) is 0 Å². The number of benzene rings is 2. The zero-order valence-electron chi connectivity index (χ0n) is 19.6. The van der Waals surface area contributed by atoms with Crippen molar-refractivity contribution in [1.29, 1.82) is 10.5 Å². The van der Waals surface area contributed by atoms with Gasteiger partial charge in [-0.3, -0.25) is 10.1 Å². The Morgan fingerprint density at radius 1 is 0.868 bits per heavy atom. The van der Waals surface area contributed by atoms with Crippen LogP contribution in [0.3, 0.4) is 0 Å². The van der Waals surface area contributed by atoms with E-state index in [0.29, 0.717) is 41.2 Å². The van der Waals surface area contributed by atoms with Gasteiger partial charge in [-0.2, -0.15) is 10.5 Å². The molecule has 0 radical (unpaired) electrons. The molecule has 0 amide bonds. The average Bonchev–Trinajstić information content (AvgIpc) is 2.95. The van der Waals surface area contributed by atoms with Crippen LogP contribution < -0.4 is 10.6 Å². The lowest BCUT2D eigenvalue weighted by Crippen LogP contribution is -2.17. The molecule has 0 spiro atoms. The molecule has 0 saturated carbocycles. The summed E-state index contributed by atoms with van der Waals surface area (Å²) in [6.07, 6.45) is 1.15. The van der Waals surface area contributed by atoms with Crippen LogP contribution in [0.1, 0.15) is 21.5 Å². The molecule has 4 aromatic rings. The van der Waals surface area contributed by atoms with Crippen LogP contribution in [0.25, 0.3) is 22.5 Å². The number of nitrogens with zero attached hydrogens (tertiary/aromatic N) is 6. The van der Waals surface area contributed by atoms with Crippen LogP contribution >= 0.6 is 0 Å². The third-order valence-electron chi connectivity index (χ3n) is 5.37. The number of nitriles is 2. The number of nitro groups is 1. The van der Waals surface area contributed by atoms with Gasteiger partial charge in [0.15, 0.2) is 0 Å². The summed E-state index contributed by atoms with van der Waals surface area (Å²) in [6, 6.07) is 19.6. The highest BCUT2D eigenvalue weighted by Crippen LogP contribution is 2.31. The van der Waals surface area contributed by atoms with Crippen molar-refractivity contribution in [1.82, 2.24) is 15.0 Å². The zero-order chi connectivity index (χ0) is 27.1. The van der Waals surface area contributed by atoms with Gasteiger partial charge >= 0.3 is 5.97 Å². The molecule has 2 heterocycles. The lowest BCUT2D eigenvalue weighted by atomic mass is 9.99. The maximum Gasteiger partial charge on any atom is 0.340 e. The highest BCUT2D eigenvalue weighted by atomic mass is 16.6.